The molecule has 1 fully saturated rings. The first-order valence-electron chi connectivity index (χ1n) is 9.33. The van der Waals surface area contributed by atoms with Crippen LogP contribution in [0.25, 0.3) is 0 Å². The summed E-state index contributed by atoms with van der Waals surface area (Å²) in [7, 11) is 0. The van der Waals surface area contributed by atoms with Crippen LogP contribution in [-0.4, -0.2) is 42.1 Å². The van der Waals surface area contributed by atoms with Gasteiger partial charge in [0.25, 0.3) is 0 Å². The number of likely N-dealkylation sites (tertiary alicyclic amines) is 1. The number of piperidine rings is 1. The molecule has 0 atom stereocenters. The molecule has 2 aliphatic heterocycles. The van der Waals surface area contributed by atoms with Crippen LogP contribution in [0.15, 0.2) is 42.7 Å². The fraction of sp³-hybridized carbons (Fsp3) is 0.476. The number of nitrogens with zero attached hydrogens (tertiary/aromatic N) is 3. The molecule has 0 N–H and O–H groups in total. The van der Waals surface area contributed by atoms with Crippen molar-refractivity contribution < 1.29 is 0 Å². The van der Waals surface area contributed by atoms with Gasteiger partial charge in [0.2, 0.25) is 0 Å². The van der Waals surface area contributed by atoms with Gasteiger partial charge in [-0.1, -0.05) is 19.1 Å². The van der Waals surface area contributed by atoms with Gasteiger partial charge in [0.1, 0.15) is 0 Å². The number of hydrogen-bond acceptors (Lipinski definition) is 3. The lowest BCUT2D eigenvalue weighted by Crippen LogP contribution is -2.44. The highest BCUT2D eigenvalue weighted by molar-refractivity contribution is 5.60. The van der Waals surface area contributed by atoms with Gasteiger partial charge in [-0.2, -0.15) is 0 Å². The number of fused-ring (bicyclic) bond motifs is 1. The van der Waals surface area contributed by atoms with E-state index in [0.717, 1.165) is 12.5 Å². The summed E-state index contributed by atoms with van der Waals surface area (Å²) >= 11 is 0. The molecule has 0 aliphatic carbocycles. The SMILES string of the molecule is CCN1CCC(N2CCc3ccc(Cc4ccncc4)cc32)CC1. The van der Waals surface area contributed by atoms with E-state index in [1.54, 1.807) is 0 Å². The van der Waals surface area contributed by atoms with E-state index in [-0.39, 0.29) is 0 Å². The van der Waals surface area contributed by atoms with Crippen LogP contribution < -0.4 is 4.90 Å². The van der Waals surface area contributed by atoms with Gasteiger partial charge in [0.15, 0.2) is 0 Å². The average molecular weight is 321 g/mol. The van der Waals surface area contributed by atoms with Gasteiger partial charge in [-0.15, -0.1) is 0 Å². The van der Waals surface area contributed by atoms with Crippen LogP contribution >= 0.6 is 0 Å². The van der Waals surface area contributed by atoms with Gasteiger partial charge in [0, 0.05) is 43.8 Å². The van der Waals surface area contributed by atoms with Crippen LogP contribution in [0.5, 0.6) is 0 Å². The third-order valence-corrected chi connectivity index (χ3v) is 5.68. The van der Waals surface area contributed by atoms with Crippen molar-refractivity contribution in [1.82, 2.24) is 9.88 Å². The molecule has 3 heteroatoms. The molecule has 3 heterocycles. The Morgan fingerprint density at radius 1 is 1.00 bits per heavy atom. The fourth-order valence-electron chi connectivity index (χ4n) is 4.22. The maximum atomic E-state index is 4.12. The Hall–Kier alpha value is -1.87. The number of hydrogen-bond donors (Lipinski definition) is 0. The van der Waals surface area contributed by atoms with E-state index in [1.165, 1.54) is 67.8 Å². The van der Waals surface area contributed by atoms with Crippen LogP contribution in [0.2, 0.25) is 0 Å². The number of pyridine rings is 1. The molecule has 2 aliphatic rings. The highest BCUT2D eigenvalue weighted by Crippen LogP contribution is 2.34. The monoisotopic (exact) mass is 321 g/mol. The van der Waals surface area contributed by atoms with E-state index in [9.17, 15) is 0 Å². The molecule has 1 saturated heterocycles. The van der Waals surface area contributed by atoms with Crippen LogP contribution in [0.1, 0.15) is 36.5 Å². The lowest BCUT2D eigenvalue weighted by molar-refractivity contribution is 0.219. The Bertz CT molecular complexity index is 675. The Morgan fingerprint density at radius 2 is 1.79 bits per heavy atom. The van der Waals surface area contributed by atoms with Gasteiger partial charge in [-0.05, 0) is 67.1 Å². The largest absolute Gasteiger partial charge is 0.368 e. The van der Waals surface area contributed by atoms with Gasteiger partial charge in [-0.3, -0.25) is 4.98 Å². The van der Waals surface area contributed by atoms with Crippen molar-refractivity contribution in [3.63, 3.8) is 0 Å². The Kier molecular flexibility index (Phi) is 4.52. The minimum atomic E-state index is 0.727. The summed E-state index contributed by atoms with van der Waals surface area (Å²) in [6, 6.07) is 12.1. The minimum Gasteiger partial charge on any atom is -0.368 e. The molecule has 126 valence electrons. The highest BCUT2D eigenvalue weighted by atomic mass is 15.2. The quantitative estimate of drug-likeness (QED) is 0.859. The molecular formula is C21H27N3. The molecule has 0 spiro atoms. The Balaban J connectivity index is 1.51. The number of anilines is 1. The second kappa shape index (κ2) is 6.94. The summed E-state index contributed by atoms with van der Waals surface area (Å²) in [5.74, 6) is 0. The van der Waals surface area contributed by atoms with Gasteiger partial charge in [0.05, 0.1) is 0 Å². The van der Waals surface area contributed by atoms with Crippen LogP contribution in [0, 0.1) is 0 Å². The Labute approximate surface area is 145 Å². The Morgan fingerprint density at radius 3 is 2.54 bits per heavy atom. The molecule has 0 unspecified atom stereocenters. The second-order valence-corrected chi connectivity index (χ2v) is 7.10. The second-order valence-electron chi connectivity index (χ2n) is 7.10. The van der Waals surface area contributed by atoms with Crippen molar-refractivity contribution in [2.75, 3.05) is 31.1 Å². The van der Waals surface area contributed by atoms with E-state index in [1.807, 2.05) is 12.4 Å². The summed E-state index contributed by atoms with van der Waals surface area (Å²) < 4.78 is 0. The third kappa shape index (κ3) is 3.18. The van der Waals surface area contributed by atoms with E-state index in [4.69, 9.17) is 0 Å². The van der Waals surface area contributed by atoms with E-state index in [0.29, 0.717) is 0 Å². The smallest absolute Gasteiger partial charge is 0.0404 e. The molecule has 2 aromatic rings. The van der Waals surface area contributed by atoms with Gasteiger partial charge >= 0.3 is 0 Å². The van der Waals surface area contributed by atoms with Crippen molar-refractivity contribution in [1.29, 1.82) is 0 Å². The molecule has 3 nitrogen and oxygen atoms in total. The highest BCUT2D eigenvalue weighted by Gasteiger charge is 2.28. The van der Waals surface area contributed by atoms with Gasteiger partial charge in [-0.25, -0.2) is 0 Å². The summed E-state index contributed by atoms with van der Waals surface area (Å²) in [5, 5.41) is 0. The fourth-order valence-corrected chi connectivity index (χ4v) is 4.22. The predicted molar refractivity (Wildman–Crippen MR) is 99.7 cm³/mol. The first kappa shape index (κ1) is 15.6. The molecule has 24 heavy (non-hydrogen) atoms. The maximum Gasteiger partial charge on any atom is 0.0404 e. The van der Waals surface area contributed by atoms with Crippen molar-refractivity contribution in [2.45, 2.75) is 38.6 Å². The summed E-state index contributed by atoms with van der Waals surface area (Å²) in [6.45, 7) is 7.18. The molecule has 0 bridgehead atoms. The lowest BCUT2D eigenvalue weighted by atomic mass is 10.0. The zero-order valence-corrected chi connectivity index (χ0v) is 14.6. The van der Waals surface area contributed by atoms with E-state index in [2.05, 4.69) is 52.0 Å². The van der Waals surface area contributed by atoms with Crippen LogP contribution in [-0.2, 0) is 12.8 Å². The van der Waals surface area contributed by atoms with E-state index < -0.39 is 0 Å². The number of aromatic nitrogens is 1. The molecule has 4 rings (SSSR count). The number of rotatable bonds is 4. The molecule has 0 radical (unpaired) electrons. The maximum absolute atomic E-state index is 4.12. The molecule has 0 amide bonds. The average Bonchev–Trinajstić information content (AvgIpc) is 3.06. The van der Waals surface area contributed by atoms with Crippen molar-refractivity contribution in [3.8, 4) is 0 Å². The van der Waals surface area contributed by atoms with Crippen molar-refractivity contribution in [3.05, 3.63) is 59.4 Å². The summed E-state index contributed by atoms with van der Waals surface area (Å²) in [4.78, 5) is 9.39. The molecule has 1 aromatic carbocycles. The number of benzene rings is 1. The van der Waals surface area contributed by atoms with Gasteiger partial charge < -0.3 is 9.80 Å². The summed E-state index contributed by atoms with van der Waals surface area (Å²) in [5.41, 5.74) is 5.78. The topological polar surface area (TPSA) is 19.4 Å². The minimum absolute atomic E-state index is 0.727. The van der Waals surface area contributed by atoms with E-state index >= 15 is 0 Å². The normalized spacial score (nSPS) is 18.8. The summed E-state index contributed by atoms with van der Waals surface area (Å²) in [6.07, 6.45) is 8.59. The lowest BCUT2D eigenvalue weighted by Gasteiger charge is -2.37. The van der Waals surface area contributed by atoms with Crippen molar-refractivity contribution in [2.24, 2.45) is 0 Å². The zero-order chi connectivity index (χ0) is 16.4. The standard InChI is InChI=1S/C21H27N3/c1-2-23-12-8-20(9-13-23)24-14-7-19-4-3-18(16-21(19)24)15-17-5-10-22-11-6-17/h3-6,10-11,16,20H,2,7-9,12-15H2,1H3. The van der Waals surface area contributed by atoms with Crippen LogP contribution in [0.3, 0.4) is 0 Å². The molecule has 1 aromatic heterocycles. The van der Waals surface area contributed by atoms with Crippen molar-refractivity contribution >= 4 is 5.69 Å². The molecule has 0 saturated carbocycles. The first-order chi connectivity index (χ1) is 11.8. The zero-order valence-electron chi connectivity index (χ0n) is 14.6. The molecular weight excluding hydrogens is 294 g/mol. The predicted octanol–water partition coefficient (Wildman–Crippen LogP) is 3.52. The van der Waals surface area contributed by atoms with Crippen LogP contribution in [0.4, 0.5) is 5.69 Å². The first-order valence-corrected chi connectivity index (χ1v) is 9.33. The third-order valence-electron chi connectivity index (χ3n) is 5.68.